The Kier molecular flexibility index (Phi) is 5.64. The van der Waals surface area contributed by atoms with Gasteiger partial charge in [-0.15, -0.1) is 0 Å². The van der Waals surface area contributed by atoms with Crippen LogP contribution in [0.4, 0.5) is 20.6 Å². The minimum atomic E-state index is -2.89. The summed E-state index contributed by atoms with van der Waals surface area (Å²) in [5.74, 6) is 0.766. The van der Waals surface area contributed by atoms with Crippen molar-refractivity contribution >= 4 is 22.9 Å². The van der Waals surface area contributed by atoms with Crippen LogP contribution < -0.4 is 20.9 Å². The molecule has 1 saturated carbocycles. The fourth-order valence-electron chi connectivity index (χ4n) is 4.02. The molecular weight excluding hydrogens is 432 g/mol. The van der Waals surface area contributed by atoms with Crippen LogP contribution in [-0.2, 0) is 0 Å². The summed E-state index contributed by atoms with van der Waals surface area (Å²) >= 11 is 0. The molecule has 0 saturated heterocycles. The first-order valence-corrected chi connectivity index (χ1v) is 10.6. The Morgan fingerprint density at radius 1 is 1.09 bits per heavy atom. The molecule has 0 bridgehead atoms. The topological polar surface area (TPSA) is 94.2 Å². The highest BCUT2D eigenvalue weighted by molar-refractivity contribution is 5.76. The van der Waals surface area contributed by atoms with E-state index in [-0.39, 0.29) is 23.4 Å². The molecule has 2 N–H and O–H groups in total. The molecule has 10 heteroatoms. The van der Waals surface area contributed by atoms with E-state index >= 15 is 0 Å². The van der Waals surface area contributed by atoms with Gasteiger partial charge >= 0.3 is 6.61 Å². The summed E-state index contributed by atoms with van der Waals surface area (Å²) < 4.78 is 36.4. The standard InChI is InChI=1S/C23H21F2N5O3/c24-22(25)32-17-7-8-18-19(12-17)33-23(29-18)28-15-5-4-14(11-15)27-20-9-6-16(13-26-20)30-10-2-1-3-21(30)31/h1-3,6-10,12-15,22H,4-5,11H2,(H,26,27)(H,28,29)/t14-,15-/m0/s1. The lowest BCUT2D eigenvalue weighted by atomic mass is 10.2. The average Bonchev–Trinajstić information content (AvgIpc) is 3.40. The Labute approximate surface area is 187 Å². The number of halogens is 2. The van der Waals surface area contributed by atoms with Crippen LogP contribution in [0.15, 0.2) is 70.1 Å². The van der Waals surface area contributed by atoms with Gasteiger partial charge in [0.1, 0.15) is 17.1 Å². The second-order valence-electron chi connectivity index (χ2n) is 7.83. The maximum Gasteiger partial charge on any atom is 0.387 e. The van der Waals surface area contributed by atoms with Gasteiger partial charge in [0.05, 0.1) is 11.9 Å². The van der Waals surface area contributed by atoms with Crippen molar-refractivity contribution in [2.75, 3.05) is 10.6 Å². The van der Waals surface area contributed by atoms with Gasteiger partial charge in [-0.05, 0) is 49.6 Å². The first kappa shape index (κ1) is 20.9. The first-order valence-electron chi connectivity index (χ1n) is 10.6. The van der Waals surface area contributed by atoms with Crippen LogP contribution in [0.2, 0.25) is 0 Å². The highest BCUT2D eigenvalue weighted by Gasteiger charge is 2.26. The number of pyridine rings is 2. The number of benzene rings is 1. The molecule has 3 aromatic heterocycles. The van der Waals surface area contributed by atoms with E-state index in [0.717, 1.165) is 25.1 Å². The fraction of sp³-hybridized carbons (Fsp3) is 0.261. The zero-order valence-electron chi connectivity index (χ0n) is 17.4. The van der Waals surface area contributed by atoms with Crippen molar-refractivity contribution in [3.63, 3.8) is 0 Å². The third-order valence-electron chi connectivity index (χ3n) is 5.55. The Balaban J connectivity index is 1.19. The predicted octanol–water partition coefficient (Wildman–Crippen LogP) is 4.42. The van der Waals surface area contributed by atoms with Crippen molar-refractivity contribution in [3.05, 3.63) is 71.3 Å². The van der Waals surface area contributed by atoms with E-state index in [4.69, 9.17) is 4.42 Å². The van der Waals surface area contributed by atoms with Gasteiger partial charge in [0.15, 0.2) is 5.58 Å². The quantitative estimate of drug-likeness (QED) is 0.428. The molecule has 33 heavy (non-hydrogen) atoms. The number of hydrogen-bond donors (Lipinski definition) is 2. The number of aromatic nitrogens is 3. The molecule has 5 rings (SSSR count). The third kappa shape index (κ3) is 4.79. The fourth-order valence-corrected chi connectivity index (χ4v) is 4.02. The number of fused-ring (bicyclic) bond motifs is 1. The molecule has 8 nitrogen and oxygen atoms in total. The summed E-state index contributed by atoms with van der Waals surface area (Å²) in [5, 5.41) is 6.70. The monoisotopic (exact) mass is 453 g/mol. The molecule has 0 aliphatic heterocycles. The van der Waals surface area contributed by atoms with E-state index in [1.165, 1.54) is 22.8 Å². The van der Waals surface area contributed by atoms with Crippen molar-refractivity contribution in [3.8, 4) is 11.4 Å². The number of anilines is 2. The molecule has 3 heterocycles. The van der Waals surface area contributed by atoms with Crippen LogP contribution in [0, 0.1) is 0 Å². The van der Waals surface area contributed by atoms with Gasteiger partial charge in [-0.3, -0.25) is 9.36 Å². The number of oxazole rings is 1. The number of nitrogens with one attached hydrogen (secondary N) is 2. The van der Waals surface area contributed by atoms with Crippen molar-refractivity contribution in [1.82, 2.24) is 14.5 Å². The maximum absolute atomic E-state index is 12.4. The summed E-state index contributed by atoms with van der Waals surface area (Å²) in [4.78, 5) is 20.8. The largest absolute Gasteiger partial charge is 0.435 e. The van der Waals surface area contributed by atoms with Crippen molar-refractivity contribution in [2.24, 2.45) is 0 Å². The smallest absolute Gasteiger partial charge is 0.387 e. The van der Waals surface area contributed by atoms with E-state index in [0.29, 0.717) is 22.8 Å². The molecule has 0 unspecified atom stereocenters. The summed E-state index contributed by atoms with van der Waals surface area (Å²) in [6.07, 6.45) is 6.05. The number of hydrogen-bond acceptors (Lipinski definition) is 7. The number of ether oxygens (including phenoxy) is 1. The van der Waals surface area contributed by atoms with Gasteiger partial charge in [-0.25, -0.2) is 4.98 Å². The summed E-state index contributed by atoms with van der Waals surface area (Å²) in [7, 11) is 0. The third-order valence-corrected chi connectivity index (χ3v) is 5.55. The second-order valence-corrected chi connectivity index (χ2v) is 7.83. The average molecular weight is 453 g/mol. The Morgan fingerprint density at radius 3 is 2.70 bits per heavy atom. The molecular formula is C23H21F2N5O3. The predicted molar refractivity (Wildman–Crippen MR) is 119 cm³/mol. The van der Waals surface area contributed by atoms with E-state index < -0.39 is 6.61 Å². The number of nitrogens with zero attached hydrogens (tertiary/aromatic N) is 3. The van der Waals surface area contributed by atoms with E-state index in [1.807, 2.05) is 12.1 Å². The normalized spacial score (nSPS) is 18.0. The van der Waals surface area contributed by atoms with Crippen LogP contribution in [0.3, 0.4) is 0 Å². The van der Waals surface area contributed by atoms with Crippen molar-refractivity contribution in [2.45, 2.75) is 38.0 Å². The molecule has 170 valence electrons. The molecule has 1 aliphatic rings. The summed E-state index contributed by atoms with van der Waals surface area (Å²) in [6.45, 7) is -2.89. The second kappa shape index (κ2) is 8.89. The van der Waals surface area contributed by atoms with Crippen molar-refractivity contribution < 1.29 is 17.9 Å². The molecule has 1 fully saturated rings. The molecule has 0 amide bonds. The lowest BCUT2D eigenvalue weighted by Gasteiger charge is -2.15. The molecule has 0 radical (unpaired) electrons. The van der Waals surface area contributed by atoms with E-state index in [1.54, 1.807) is 30.6 Å². The molecule has 4 aromatic rings. The maximum atomic E-state index is 12.4. The van der Waals surface area contributed by atoms with Crippen LogP contribution in [0.25, 0.3) is 16.8 Å². The molecule has 1 aromatic carbocycles. The highest BCUT2D eigenvalue weighted by atomic mass is 19.3. The first-order chi connectivity index (χ1) is 16.0. The Hall–Kier alpha value is -3.95. The van der Waals surface area contributed by atoms with E-state index in [9.17, 15) is 13.6 Å². The van der Waals surface area contributed by atoms with Gasteiger partial charge in [0.25, 0.3) is 11.6 Å². The minimum Gasteiger partial charge on any atom is -0.435 e. The van der Waals surface area contributed by atoms with Gasteiger partial charge in [0, 0.05) is 30.4 Å². The molecule has 0 spiro atoms. The van der Waals surface area contributed by atoms with Crippen LogP contribution in [-0.4, -0.2) is 33.2 Å². The van der Waals surface area contributed by atoms with Crippen molar-refractivity contribution in [1.29, 1.82) is 0 Å². The van der Waals surface area contributed by atoms with Gasteiger partial charge in [0.2, 0.25) is 0 Å². The van der Waals surface area contributed by atoms with E-state index in [2.05, 4.69) is 25.3 Å². The van der Waals surface area contributed by atoms with Crippen LogP contribution in [0.5, 0.6) is 5.75 Å². The zero-order valence-corrected chi connectivity index (χ0v) is 17.4. The van der Waals surface area contributed by atoms with Gasteiger partial charge in [-0.2, -0.15) is 13.8 Å². The molecule has 1 aliphatic carbocycles. The number of alkyl halides is 2. The SMILES string of the molecule is O=c1ccccn1-c1ccc(N[C@H]2CC[C@H](Nc3nc4ccc(OC(F)F)cc4o3)C2)nc1. The summed E-state index contributed by atoms with van der Waals surface area (Å²) in [6, 6.07) is 13.8. The van der Waals surface area contributed by atoms with Gasteiger partial charge < -0.3 is 19.8 Å². The highest BCUT2D eigenvalue weighted by Crippen LogP contribution is 2.28. The van der Waals surface area contributed by atoms with Crippen LogP contribution >= 0.6 is 0 Å². The molecule has 2 atom stereocenters. The van der Waals surface area contributed by atoms with Crippen LogP contribution in [0.1, 0.15) is 19.3 Å². The minimum absolute atomic E-state index is 0.0287. The summed E-state index contributed by atoms with van der Waals surface area (Å²) in [5.41, 5.74) is 1.54. The lowest BCUT2D eigenvalue weighted by molar-refractivity contribution is -0.0497. The Bertz CT molecular complexity index is 1310. The Morgan fingerprint density at radius 2 is 1.94 bits per heavy atom. The lowest BCUT2D eigenvalue weighted by Crippen LogP contribution is -2.21. The zero-order chi connectivity index (χ0) is 22.8. The van der Waals surface area contributed by atoms with Gasteiger partial charge in [-0.1, -0.05) is 6.07 Å². The number of rotatable bonds is 7.